The summed E-state index contributed by atoms with van der Waals surface area (Å²) < 4.78 is 0. The first-order valence-corrected chi connectivity index (χ1v) is 9.18. The van der Waals surface area contributed by atoms with E-state index in [1.807, 2.05) is 0 Å². The van der Waals surface area contributed by atoms with Gasteiger partial charge in [0, 0.05) is 0 Å². The molecule has 2 aliphatic carbocycles. The molecular formula is C20H34. The SMILES string of the molecule is CCCCCCCC1=CC=C(C2CCC(C)CC2)CC1. The zero-order valence-corrected chi connectivity index (χ0v) is 13.8. The van der Waals surface area contributed by atoms with Crippen LogP contribution in [-0.2, 0) is 0 Å². The molecule has 0 saturated heterocycles. The van der Waals surface area contributed by atoms with Crippen LogP contribution in [0.5, 0.6) is 0 Å². The van der Waals surface area contributed by atoms with E-state index in [0.717, 1.165) is 11.8 Å². The van der Waals surface area contributed by atoms with Crippen LogP contribution in [0.3, 0.4) is 0 Å². The van der Waals surface area contributed by atoms with Gasteiger partial charge in [0.25, 0.3) is 0 Å². The lowest BCUT2D eigenvalue weighted by molar-refractivity contribution is 0.315. The molecule has 0 aromatic rings. The summed E-state index contributed by atoms with van der Waals surface area (Å²) in [6, 6.07) is 0. The standard InChI is InChI=1S/C20H34/c1-3-4-5-6-7-8-18-11-15-20(16-12-18)19-13-9-17(2)10-14-19/h11,15,17,19H,3-10,12-14,16H2,1-2H3. The van der Waals surface area contributed by atoms with Crippen molar-refractivity contribution in [1.29, 1.82) is 0 Å². The molecular weight excluding hydrogens is 240 g/mol. The third-order valence-corrected chi connectivity index (χ3v) is 5.41. The van der Waals surface area contributed by atoms with Gasteiger partial charge in [0.2, 0.25) is 0 Å². The number of unbranched alkanes of at least 4 members (excludes halogenated alkanes) is 4. The molecule has 0 heterocycles. The van der Waals surface area contributed by atoms with Gasteiger partial charge >= 0.3 is 0 Å². The van der Waals surface area contributed by atoms with Crippen molar-refractivity contribution in [3.8, 4) is 0 Å². The van der Waals surface area contributed by atoms with E-state index in [-0.39, 0.29) is 0 Å². The normalized spacial score (nSPS) is 27.1. The third-order valence-electron chi connectivity index (χ3n) is 5.41. The summed E-state index contributed by atoms with van der Waals surface area (Å²) in [6.07, 6.45) is 21.9. The topological polar surface area (TPSA) is 0 Å². The smallest absolute Gasteiger partial charge is 0.0200 e. The van der Waals surface area contributed by atoms with Gasteiger partial charge in [0.15, 0.2) is 0 Å². The van der Waals surface area contributed by atoms with Crippen LogP contribution in [0.25, 0.3) is 0 Å². The highest BCUT2D eigenvalue weighted by atomic mass is 14.3. The predicted molar refractivity (Wildman–Crippen MR) is 89.9 cm³/mol. The molecule has 2 aliphatic rings. The molecule has 0 radical (unpaired) electrons. The lowest BCUT2D eigenvalue weighted by Gasteiger charge is -2.29. The Hall–Kier alpha value is -0.520. The molecule has 0 aliphatic heterocycles. The molecule has 0 nitrogen and oxygen atoms in total. The molecule has 0 spiro atoms. The Bertz CT molecular complexity index is 326. The van der Waals surface area contributed by atoms with Gasteiger partial charge in [-0.25, -0.2) is 0 Å². The van der Waals surface area contributed by atoms with Crippen LogP contribution >= 0.6 is 0 Å². The van der Waals surface area contributed by atoms with E-state index in [1.54, 1.807) is 11.1 Å². The molecule has 114 valence electrons. The van der Waals surface area contributed by atoms with Crippen LogP contribution in [-0.4, -0.2) is 0 Å². The summed E-state index contributed by atoms with van der Waals surface area (Å²) in [7, 11) is 0. The van der Waals surface area contributed by atoms with Crippen molar-refractivity contribution in [3.05, 3.63) is 23.3 Å². The fourth-order valence-electron chi connectivity index (χ4n) is 3.83. The van der Waals surface area contributed by atoms with Crippen LogP contribution in [0.1, 0.15) is 90.9 Å². The van der Waals surface area contributed by atoms with E-state index in [9.17, 15) is 0 Å². The van der Waals surface area contributed by atoms with Gasteiger partial charge in [-0.3, -0.25) is 0 Å². The summed E-state index contributed by atoms with van der Waals surface area (Å²) >= 11 is 0. The van der Waals surface area contributed by atoms with Gasteiger partial charge in [-0.1, -0.05) is 75.7 Å². The van der Waals surface area contributed by atoms with Gasteiger partial charge in [0.05, 0.1) is 0 Å². The van der Waals surface area contributed by atoms with Crippen molar-refractivity contribution in [2.45, 2.75) is 90.9 Å². The minimum Gasteiger partial charge on any atom is -0.0699 e. The van der Waals surface area contributed by atoms with Crippen molar-refractivity contribution in [2.24, 2.45) is 11.8 Å². The molecule has 0 bridgehead atoms. The molecule has 1 saturated carbocycles. The highest BCUT2D eigenvalue weighted by Crippen LogP contribution is 2.37. The van der Waals surface area contributed by atoms with Crippen LogP contribution in [0.2, 0.25) is 0 Å². The fourth-order valence-corrected chi connectivity index (χ4v) is 3.83. The van der Waals surface area contributed by atoms with Crippen molar-refractivity contribution in [2.75, 3.05) is 0 Å². The van der Waals surface area contributed by atoms with Gasteiger partial charge in [-0.05, 0) is 50.4 Å². The molecule has 20 heavy (non-hydrogen) atoms. The molecule has 2 rings (SSSR count). The second kappa shape index (κ2) is 8.70. The molecule has 0 amide bonds. The first kappa shape index (κ1) is 15.9. The van der Waals surface area contributed by atoms with Crippen molar-refractivity contribution in [1.82, 2.24) is 0 Å². The summed E-state index contributed by atoms with van der Waals surface area (Å²) in [5.41, 5.74) is 3.49. The zero-order chi connectivity index (χ0) is 14.2. The number of rotatable bonds is 7. The quantitative estimate of drug-likeness (QED) is 0.447. The molecule has 0 unspecified atom stereocenters. The Labute approximate surface area is 126 Å². The Balaban J connectivity index is 1.70. The van der Waals surface area contributed by atoms with Crippen LogP contribution in [0.4, 0.5) is 0 Å². The molecule has 0 aromatic carbocycles. The summed E-state index contributed by atoms with van der Waals surface area (Å²) in [6.45, 7) is 4.71. The average molecular weight is 274 g/mol. The van der Waals surface area contributed by atoms with E-state index in [1.165, 1.54) is 77.0 Å². The lowest BCUT2D eigenvalue weighted by atomic mass is 9.76. The fraction of sp³-hybridized carbons (Fsp3) is 0.800. The van der Waals surface area contributed by atoms with Crippen LogP contribution < -0.4 is 0 Å². The van der Waals surface area contributed by atoms with Gasteiger partial charge < -0.3 is 0 Å². The van der Waals surface area contributed by atoms with E-state index in [0.29, 0.717) is 0 Å². The van der Waals surface area contributed by atoms with Crippen molar-refractivity contribution >= 4 is 0 Å². The third kappa shape index (κ3) is 5.11. The number of hydrogen-bond donors (Lipinski definition) is 0. The second-order valence-corrected chi connectivity index (χ2v) is 7.19. The number of allylic oxidation sites excluding steroid dienone is 4. The first-order valence-electron chi connectivity index (χ1n) is 9.18. The highest BCUT2D eigenvalue weighted by Gasteiger charge is 2.22. The summed E-state index contributed by atoms with van der Waals surface area (Å²) in [5.74, 6) is 1.90. The van der Waals surface area contributed by atoms with Crippen molar-refractivity contribution in [3.63, 3.8) is 0 Å². The first-order chi connectivity index (χ1) is 9.79. The van der Waals surface area contributed by atoms with Crippen molar-refractivity contribution < 1.29 is 0 Å². The Morgan fingerprint density at radius 3 is 2.30 bits per heavy atom. The van der Waals surface area contributed by atoms with Gasteiger partial charge in [-0.2, -0.15) is 0 Å². The predicted octanol–water partition coefficient (Wildman–Crippen LogP) is 6.82. The molecule has 0 N–H and O–H groups in total. The van der Waals surface area contributed by atoms with Gasteiger partial charge in [-0.15, -0.1) is 0 Å². The second-order valence-electron chi connectivity index (χ2n) is 7.19. The number of hydrogen-bond acceptors (Lipinski definition) is 0. The maximum absolute atomic E-state index is 2.49. The van der Waals surface area contributed by atoms with Crippen LogP contribution in [0.15, 0.2) is 23.3 Å². The molecule has 0 heteroatoms. The van der Waals surface area contributed by atoms with E-state index in [2.05, 4.69) is 26.0 Å². The Kier molecular flexibility index (Phi) is 6.90. The minimum atomic E-state index is 0.925. The minimum absolute atomic E-state index is 0.925. The molecule has 0 atom stereocenters. The maximum Gasteiger partial charge on any atom is -0.0200 e. The summed E-state index contributed by atoms with van der Waals surface area (Å²) in [4.78, 5) is 0. The Morgan fingerprint density at radius 1 is 0.900 bits per heavy atom. The zero-order valence-electron chi connectivity index (χ0n) is 13.8. The molecule has 0 aromatic heterocycles. The summed E-state index contributed by atoms with van der Waals surface area (Å²) in [5, 5.41) is 0. The Morgan fingerprint density at radius 2 is 1.65 bits per heavy atom. The largest absolute Gasteiger partial charge is 0.0699 e. The highest BCUT2D eigenvalue weighted by molar-refractivity contribution is 5.25. The van der Waals surface area contributed by atoms with Crippen LogP contribution in [0, 0.1) is 11.8 Å². The average Bonchev–Trinajstić information content (AvgIpc) is 2.49. The maximum atomic E-state index is 2.49. The van der Waals surface area contributed by atoms with Gasteiger partial charge in [0.1, 0.15) is 0 Å². The lowest BCUT2D eigenvalue weighted by Crippen LogP contribution is -2.15. The monoisotopic (exact) mass is 274 g/mol. The van der Waals surface area contributed by atoms with E-state index in [4.69, 9.17) is 0 Å². The van der Waals surface area contributed by atoms with E-state index < -0.39 is 0 Å². The van der Waals surface area contributed by atoms with E-state index >= 15 is 0 Å². The molecule has 1 fully saturated rings.